The summed E-state index contributed by atoms with van der Waals surface area (Å²) in [5.74, 6) is 1.85. The zero-order valence-corrected chi connectivity index (χ0v) is 17.7. The number of rotatable bonds is 7. The van der Waals surface area contributed by atoms with Gasteiger partial charge in [0.25, 0.3) is 5.91 Å². The Labute approximate surface area is 176 Å². The first-order valence-corrected chi connectivity index (χ1v) is 10.5. The molecule has 7 nitrogen and oxygen atoms in total. The molecule has 4 rings (SSSR count). The molecule has 1 unspecified atom stereocenters. The van der Waals surface area contributed by atoms with Crippen LogP contribution in [0.2, 0.25) is 0 Å². The highest BCUT2D eigenvalue weighted by molar-refractivity contribution is 6.04. The van der Waals surface area contributed by atoms with Crippen LogP contribution in [0.15, 0.2) is 30.5 Å². The lowest BCUT2D eigenvalue weighted by atomic mass is 10.1. The van der Waals surface area contributed by atoms with E-state index in [1.54, 1.807) is 17.2 Å². The number of hydrogen-bond acceptors (Lipinski definition) is 5. The summed E-state index contributed by atoms with van der Waals surface area (Å²) in [6.45, 7) is 7.22. The molecule has 2 aromatic rings. The van der Waals surface area contributed by atoms with E-state index in [1.807, 2.05) is 39.0 Å². The van der Waals surface area contributed by atoms with E-state index in [0.29, 0.717) is 36.1 Å². The largest absolute Gasteiger partial charge is 0.491 e. The molecule has 1 aromatic carbocycles. The minimum atomic E-state index is -0.229. The van der Waals surface area contributed by atoms with Crippen molar-refractivity contribution in [1.82, 2.24) is 10.3 Å². The zero-order chi connectivity index (χ0) is 21.3. The van der Waals surface area contributed by atoms with E-state index < -0.39 is 0 Å². The van der Waals surface area contributed by atoms with E-state index in [2.05, 4.69) is 15.6 Å². The number of aryl methyl sites for hydroxylation is 2. The predicted octanol–water partition coefficient (Wildman–Crippen LogP) is 3.06. The standard InChI is InChI=1S/C23H28N4O3/c1-14-5-4-6-15(2)21(14)30-13-16(3)26-23(29)18-9-19-22(24-10-18)25-11-20(28)27(19)12-17-7-8-17/h4-6,9-10,16-17H,7-8,11-13H2,1-3H3,(H,24,25)(H,26,29). The molecule has 0 bridgehead atoms. The number of carbonyl (C=O) groups excluding carboxylic acids is 2. The Kier molecular flexibility index (Phi) is 5.61. The highest BCUT2D eigenvalue weighted by Crippen LogP contribution is 2.35. The number of anilines is 2. The number of pyridine rings is 1. The Balaban J connectivity index is 1.42. The molecule has 0 spiro atoms. The number of ether oxygens (including phenoxy) is 1. The third-order valence-electron chi connectivity index (χ3n) is 5.53. The summed E-state index contributed by atoms with van der Waals surface area (Å²) < 4.78 is 5.95. The molecule has 2 amide bonds. The van der Waals surface area contributed by atoms with Crippen LogP contribution in [-0.4, -0.2) is 42.5 Å². The second kappa shape index (κ2) is 8.34. The second-order valence-electron chi connectivity index (χ2n) is 8.30. The van der Waals surface area contributed by atoms with E-state index in [1.165, 1.54) is 0 Å². The average Bonchev–Trinajstić information content (AvgIpc) is 3.53. The lowest BCUT2D eigenvalue weighted by Crippen LogP contribution is -2.42. The number of nitrogens with one attached hydrogen (secondary N) is 2. The Hall–Kier alpha value is -3.09. The summed E-state index contributed by atoms with van der Waals surface area (Å²) in [5, 5.41) is 6.00. The molecule has 158 valence electrons. The van der Waals surface area contributed by atoms with Gasteiger partial charge in [-0.1, -0.05) is 18.2 Å². The summed E-state index contributed by atoms with van der Waals surface area (Å²) in [7, 11) is 0. The van der Waals surface area contributed by atoms with Crippen LogP contribution in [0.5, 0.6) is 5.75 Å². The minimum Gasteiger partial charge on any atom is -0.491 e. The molecular weight excluding hydrogens is 380 g/mol. The predicted molar refractivity (Wildman–Crippen MR) is 116 cm³/mol. The van der Waals surface area contributed by atoms with Crippen LogP contribution in [0.4, 0.5) is 11.5 Å². The first kappa shape index (κ1) is 20.2. The Morgan fingerprint density at radius 3 is 2.77 bits per heavy atom. The van der Waals surface area contributed by atoms with Crippen molar-refractivity contribution in [2.24, 2.45) is 5.92 Å². The van der Waals surface area contributed by atoms with E-state index in [9.17, 15) is 9.59 Å². The maximum absolute atomic E-state index is 12.8. The topological polar surface area (TPSA) is 83.6 Å². The molecule has 1 aromatic heterocycles. The third-order valence-corrected chi connectivity index (χ3v) is 5.53. The number of aromatic nitrogens is 1. The normalized spacial score (nSPS) is 16.5. The molecule has 0 radical (unpaired) electrons. The van der Waals surface area contributed by atoms with Gasteiger partial charge in [-0.2, -0.15) is 0 Å². The fraction of sp³-hybridized carbons (Fsp3) is 0.435. The number of fused-ring (bicyclic) bond motifs is 1. The summed E-state index contributed by atoms with van der Waals surface area (Å²) in [6, 6.07) is 7.58. The molecule has 7 heteroatoms. The molecule has 0 saturated heterocycles. The molecule has 1 saturated carbocycles. The van der Waals surface area contributed by atoms with Crippen molar-refractivity contribution in [1.29, 1.82) is 0 Å². The van der Waals surface area contributed by atoms with Gasteiger partial charge in [0, 0.05) is 12.7 Å². The van der Waals surface area contributed by atoms with Crippen molar-refractivity contribution in [3.05, 3.63) is 47.2 Å². The molecule has 1 atom stereocenters. The molecule has 2 N–H and O–H groups in total. The van der Waals surface area contributed by atoms with E-state index in [0.717, 1.165) is 29.7 Å². The van der Waals surface area contributed by atoms with Crippen LogP contribution in [0.3, 0.4) is 0 Å². The molecular formula is C23H28N4O3. The van der Waals surface area contributed by atoms with Gasteiger partial charge in [0.2, 0.25) is 5.91 Å². The fourth-order valence-electron chi connectivity index (χ4n) is 3.65. The smallest absolute Gasteiger partial charge is 0.253 e. The van der Waals surface area contributed by atoms with Crippen molar-refractivity contribution in [2.75, 3.05) is 29.9 Å². The van der Waals surface area contributed by atoms with Crippen LogP contribution in [-0.2, 0) is 4.79 Å². The van der Waals surface area contributed by atoms with Crippen molar-refractivity contribution in [2.45, 2.75) is 39.7 Å². The van der Waals surface area contributed by atoms with E-state index >= 15 is 0 Å². The monoisotopic (exact) mass is 408 g/mol. The Morgan fingerprint density at radius 2 is 2.07 bits per heavy atom. The average molecular weight is 409 g/mol. The molecule has 2 aliphatic rings. The number of nitrogens with zero attached hydrogens (tertiary/aromatic N) is 2. The summed E-state index contributed by atoms with van der Waals surface area (Å²) in [4.78, 5) is 31.3. The van der Waals surface area contributed by atoms with E-state index in [-0.39, 0.29) is 24.4 Å². The van der Waals surface area contributed by atoms with Crippen molar-refractivity contribution >= 4 is 23.3 Å². The van der Waals surface area contributed by atoms with Gasteiger partial charge in [0.15, 0.2) is 0 Å². The van der Waals surface area contributed by atoms with Crippen LogP contribution < -0.4 is 20.3 Å². The number of benzene rings is 1. The van der Waals surface area contributed by atoms with Gasteiger partial charge < -0.3 is 20.3 Å². The van der Waals surface area contributed by atoms with Gasteiger partial charge in [-0.25, -0.2) is 4.98 Å². The molecule has 1 aliphatic heterocycles. The maximum atomic E-state index is 12.8. The van der Waals surface area contributed by atoms with Gasteiger partial charge >= 0.3 is 0 Å². The van der Waals surface area contributed by atoms with Crippen LogP contribution in [0, 0.1) is 19.8 Å². The van der Waals surface area contributed by atoms with Crippen molar-refractivity contribution < 1.29 is 14.3 Å². The number of amides is 2. The highest BCUT2D eigenvalue weighted by Gasteiger charge is 2.32. The molecule has 2 heterocycles. The van der Waals surface area contributed by atoms with Gasteiger partial charge in [0.05, 0.1) is 23.8 Å². The number of para-hydroxylation sites is 1. The van der Waals surface area contributed by atoms with Gasteiger partial charge in [-0.05, 0) is 56.7 Å². The fourth-order valence-corrected chi connectivity index (χ4v) is 3.65. The lowest BCUT2D eigenvalue weighted by molar-refractivity contribution is -0.117. The van der Waals surface area contributed by atoms with Crippen molar-refractivity contribution in [3.8, 4) is 5.75 Å². The van der Waals surface area contributed by atoms with Gasteiger partial charge in [-0.15, -0.1) is 0 Å². The second-order valence-corrected chi connectivity index (χ2v) is 8.30. The maximum Gasteiger partial charge on any atom is 0.253 e. The Bertz CT molecular complexity index is 951. The van der Waals surface area contributed by atoms with Gasteiger partial charge in [0.1, 0.15) is 18.2 Å². The summed E-state index contributed by atoms with van der Waals surface area (Å²) in [6.07, 6.45) is 3.85. The third kappa shape index (κ3) is 4.40. The quantitative estimate of drug-likeness (QED) is 0.736. The highest BCUT2D eigenvalue weighted by atomic mass is 16.5. The molecule has 1 fully saturated rings. The minimum absolute atomic E-state index is 0.0177. The zero-order valence-electron chi connectivity index (χ0n) is 17.7. The first-order chi connectivity index (χ1) is 14.4. The lowest BCUT2D eigenvalue weighted by Gasteiger charge is -2.29. The summed E-state index contributed by atoms with van der Waals surface area (Å²) >= 11 is 0. The van der Waals surface area contributed by atoms with Gasteiger partial charge in [-0.3, -0.25) is 9.59 Å². The van der Waals surface area contributed by atoms with E-state index in [4.69, 9.17) is 4.74 Å². The molecule has 1 aliphatic carbocycles. The van der Waals surface area contributed by atoms with Crippen molar-refractivity contribution in [3.63, 3.8) is 0 Å². The Morgan fingerprint density at radius 1 is 1.33 bits per heavy atom. The number of carbonyl (C=O) groups is 2. The summed E-state index contributed by atoms with van der Waals surface area (Å²) in [5.41, 5.74) is 3.26. The van der Waals surface area contributed by atoms with Crippen LogP contribution in [0.25, 0.3) is 0 Å². The SMILES string of the molecule is Cc1cccc(C)c1OCC(C)NC(=O)c1cnc2c(c1)N(CC1CC1)C(=O)CN2. The van der Waals surface area contributed by atoms with Crippen LogP contribution >= 0.6 is 0 Å². The van der Waals surface area contributed by atoms with Crippen LogP contribution in [0.1, 0.15) is 41.3 Å². The first-order valence-electron chi connectivity index (χ1n) is 10.5. The number of hydrogen-bond donors (Lipinski definition) is 2. The molecule has 30 heavy (non-hydrogen) atoms.